The minimum absolute atomic E-state index is 0.286. The summed E-state index contributed by atoms with van der Waals surface area (Å²) < 4.78 is 4.19. The summed E-state index contributed by atoms with van der Waals surface area (Å²) in [7, 11) is 1.18. The number of carboxylic acids is 1. The van der Waals surface area contributed by atoms with Crippen molar-refractivity contribution in [2.45, 2.75) is 12.5 Å². The van der Waals surface area contributed by atoms with Crippen molar-refractivity contribution in [1.82, 2.24) is 0 Å². The lowest BCUT2D eigenvalue weighted by Crippen LogP contribution is -2.32. The molecule has 0 aliphatic carbocycles. The second kappa shape index (κ2) is 3.84. The van der Waals surface area contributed by atoms with Gasteiger partial charge in [-0.1, -0.05) is 0 Å². The van der Waals surface area contributed by atoms with Crippen LogP contribution in [0, 0.1) is 0 Å². The average Bonchev–Trinajstić information content (AvgIpc) is 1.87. The molecule has 0 bridgehead atoms. The molecule has 0 unspecified atom stereocenters. The van der Waals surface area contributed by atoms with Gasteiger partial charge in [0.15, 0.2) is 0 Å². The molecule has 0 radical (unpaired) electrons. The van der Waals surface area contributed by atoms with Crippen LogP contribution in [0.3, 0.4) is 0 Å². The van der Waals surface area contributed by atoms with Gasteiger partial charge in [0, 0.05) is 0 Å². The van der Waals surface area contributed by atoms with Crippen LogP contribution in [0.1, 0.15) is 6.42 Å². The van der Waals surface area contributed by atoms with Gasteiger partial charge in [-0.3, -0.25) is 9.59 Å². The molecule has 0 rings (SSSR count). The zero-order valence-corrected chi connectivity index (χ0v) is 5.53. The van der Waals surface area contributed by atoms with E-state index in [0.29, 0.717) is 0 Å². The van der Waals surface area contributed by atoms with Crippen LogP contribution in [0.4, 0.5) is 0 Å². The van der Waals surface area contributed by atoms with Crippen molar-refractivity contribution in [3.8, 4) is 0 Å². The molecule has 0 aliphatic rings. The molecule has 58 valence electrons. The molecule has 0 aromatic heterocycles. The summed E-state index contributed by atoms with van der Waals surface area (Å²) in [5.41, 5.74) is 4.99. The molecule has 1 atom stereocenters. The van der Waals surface area contributed by atoms with Crippen LogP contribution in [-0.4, -0.2) is 30.2 Å². The van der Waals surface area contributed by atoms with Crippen LogP contribution >= 0.6 is 0 Å². The lowest BCUT2D eigenvalue weighted by Gasteiger charge is -2.02. The molecule has 3 N–H and O–H groups in total. The molecule has 5 nitrogen and oxygen atoms in total. The van der Waals surface area contributed by atoms with E-state index in [9.17, 15) is 9.59 Å². The summed E-state index contributed by atoms with van der Waals surface area (Å²) in [6, 6.07) is -1.16. The number of nitrogens with two attached hydrogens (primary N) is 1. The van der Waals surface area contributed by atoms with Crippen molar-refractivity contribution >= 4 is 11.9 Å². The fourth-order valence-electron chi connectivity index (χ4n) is 0.350. The van der Waals surface area contributed by atoms with Gasteiger partial charge in [-0.05, 0) is 0 Å². The Kier molecular flexibility index (Phi) is 3.42. The third-order valence-electron chi connectivity index (χ3n) is 0.931. The molecule has 0 amide bonds. The van der Waals surface area contributed by atoms with E-state index in [1.54, 1.807) is 0 Å². The molecular weight excluding hydrogens is 138 g/mol. The normalized spacial score (nSPS) is 12.2. The minimum atomic E-state index is -1.20. The molecule has 0 spiro atoms. The molecule has 0 fully saturated rings. The van der Waals surface area contributed by atoms with Crippen molar-refractivity contribution in [1.29, 1.82) is 0 Å². The fourth-order valence-corrected chi connectivity index (χ4v) is 0.350. The first-order valence-corrected chi connectivity index (χ1v) is 2.63. The van der Waals surface area contributed by atoms with Crippen LogP contribution in [0.5, 0.6) is 0 Å². The highest BCUT2D eigenvalue weighted by Gasteiger charge is 2.15. The predicted octanol–water partition coefficient (Wildman–Crippen LogP) is -1.04. The third kappa shape index (κ3) is 3.03. The van der Waals surface area contributed by atoms with Gasteiger partial charge in [-0.15, -0.1) is 0 Å². The van der Waals surface area contributed by atoms with Crippen molar-refractivity contribution in [2.75, 3.05) is 7.11 Å². The Morgan fingerprint density at radius 2 is 2.20 bits per heavy atom. The quantitative estimate of drug-likeness (QED) is 0.498. The largest absolute Gasteiger partial charge is 0.480 e. The van der Waals surface area contributed by atoms with Gasteiger partial charge in [0.1, 0.15) is 6.04 Å². The van der Waals surface area contributed by atoms with Gasteiger partial charge in [0.25, 0.3) is 0 Å². The van der Waals surface area contributed by atoms with E-state index in [1.165, 1.54) is 7.11 Å². The summed E-state index contributed by atoms with van der Waals surface area (Å²) in [5.74, 6) is -1.82. The van der Waals surface area contributed by atoms with Crippen LogP contribution in [0.25, 0.3) is 0 Å². The summed E-state index contributed by atoms with van der Waals surface area (Å²) in [4.78, 5) is 20.4. The smallest absolute Gasteiger partial charge is 0.321 e. The maximum atomic E-state index is 10.4. The second-order valence-electron chi connectivity index (χ2n) is 1.72. The topological polar surface area (TPSA) is 89.6 Å². The standard InChI is InChI=1S/C5H9NO4/c1-10-4(7)2-3(6)5(8)9/h3H,2,6H2,1H3,(H,8,9)/t3-/m0/s1. The lowest BCUT2D eigenvalue weighted by molar-refractivity contribution is -0.146. The van der Waals surface area contributed by atoms with E-state index in [0.717, 1.165) is 0 Å². The number of carbonyl (C=O) groups is 2. The van der Waals surface area contributed by atoms with Gasteiger partial charge in [0.2, 0.25) is 0 Å². The zero-order chi connectivity index (χ0) is 8.15. The number of esters is 1. The molecular formula is C5H9NO4. The Hall–Kier alpha value is -1.10. The van der Waals surface area contributed by atoms with Gasteiger partial charge in [-0.25, -0.2) is 0 Å². The zero-order valence-electron chi connectivity index (χ0n) is 5.53. The van der Waals surface area contributed by atoms with E-state index in [2.05, 4.69) is 4.74 Å². The average molecular weight is 147 g/mol. The van der Waals surface area contributed by atoms with E-state index in [1.807, 2.05) is 0 Å². The van der Waals surface area contributed by atoms with Crippen LogP contribution in [0.2, 0.25) is 0 Å². The Balaban J connectivity index is 3.68. The van der Waals surface area contributed by atoms with Crippen molar-refractivity contribution in [2.24, 2.45) is 5.73 Å². The Labute approximate surface area is 57.8 Å². The molecule has 0 saturated carbocycles. The van der Waals surface area contributed by atoms with Crippen molar-refractivity contribution in [3.05, 3.63) is 0 Å². The summed E-state index contributed by atoms with van der Waals surface area (Å²) in [6.45, 7) is 0. The van der Waals surface area contributed by atoms with E-state index >= 15 is 0 Å². The minimum Gasteiger partial charge on any atom is -0.480 e. The number of rotatable bonds is 3. The number of carboxylic acid groups (broad SMARTS) is 1. The number of hydrogen-bond donors (Lipinski definition) is 2. The number of carbonyl (C=O) groups excluding carboxylic acids is 1. The number of ether oxygens (including phenoxy) is 1. The van der Waals surface area contributed by atoms with Gasteiger partial charge in [0.05, 0.1) is 13.5 Å². The molecule has 0 heterocycles. The van der Waals surface area contributed by atoms with E-state index < -0.39 is 18.0 Å². The van der Waals surface area contributed by atoms with E-state index in [-0.39, 0.29) is 6.42 Å². The van der Waals surface area contributed by atoms with Crippen LogP contribution in [-0.2, 0) is 14.3 Å². The lowest BCUT2D eigenvalue weighted by atomic mass is 10.2. The SMILES string of the molecule is COC(=O)C[C@H](N)C(=O)O. The summed E-state index contributed by atoms with van der Waals surface area (Å²) in [6.07, 6.45) is -0.286. The maximum absolute atomic E-state index is 10.4. The molecule has 0 saturated heterocycles. The van der Waals surface area contributed by atoms with Gasteiger partial charge in [-0.2, -0.15) is 0 Å². The van der Waals surface area contributed by atoms with Gasteiger partial charge >= 0.3 is 11.9 Å². The predicted molar refractivity (Wildman–Crippen MR) is 32.2 cm³/mol. The Morgan fingerprint density at radius 1 is 1.70 bits per heavy atom. The Bertz CT molecular complexity index is 145. The molecule has 0 aliphatic heterocycles. The number of methoxy groups -OCH3 is 1. The van der Waals surface area contributed by atoms with Crippen molar-refractivity contribution in [3.63, 3.8) is 0 Å². The first-order chi connectivity index (χ1) is 4.57. The second-order valence-corrected chi connectivity index (χ2v) is 1.72. The molecule has 0 aromatic rings. The van der Waals surface area contributed by atoms with E-state index in [4.69, 9.17) is 10.8 Å². The van der Waals surface area contributed by atoms with Crippen LogP contribution < -0.4 is 5.73 Å². The summed E-state index contributed by atoms with van der Waals surface area (Å²) >= 11 is 0. The molecule has 0 aromatic carbocycles. The third-order valence-corrected chi connectivity index (χ3v) is 0.931. The molecule has 5 heteroatoms. The summed E-state index contributed by atoms with van der Waals surface area (Å²) in [5, 5.41) is 8.19. The molecule has 10 heavy (non-hydrogen) atoms. The highest BCUT2D eigenvalue weighted by Crippen LogP contribution is 1.89. The maximum Gasteiger partial charge on any atom is 0.321 e. The monoisotopic (exact) mass is 147 g/mol. The van der Waals surface area contributed by atoms with Crippen molar-refractivity contribution < 1.29 is 19.4 Å². The fraction of sp³-hybridized carbons (Fsp3) is 0.600. The highest BCUT2D eigenvalue weighted by molar-refractivity contribution is 5.81. The van der Waals surface area contributed by atoms with Gasteiger partial charge < -0.3 is 15.6 Å². The number of hydrogen-bond acceptors (Lipinski definition) is 4. The van der Waals surface area contributed by atoms with Crippen LogP contribution in [0.15, 0.2) is 0 Å². The highest BCUT2D eigenvalue weighted by atomic mass is 16.5. The first-order valence-electron chi connectivity index (χ1n) is 2.63. The Morgan fingerprint density at radius 3 is 2.50 bits per heavy atom. The first kappa shape index (κ1) is 8.90. The number of aliphatic carboxylic acids is 1.